The first-order chi connectivity index (χ1) is 9.19. The number of esters is 1. The number of methoxy groups -OCH3 is 1. The monoisotopic (exact) mass is 256 g/mol. The summed E-state index contributed by atoms with van der Waals surface area (Å²) in [5.74, 6) is -0.0662. The summed E-state index contributed by atoms with van der Waals surface area (Å²) in [6.45, 7) is 0. The minimum absolute atomic E-state index is 0.349. The summed E-state index contributed by atoms with van der Waals surface area (Å²) in [5, 5.41) is 0. The molecule has 19 heavy (non-hydrogen) atoms. The smallest absolute Gasteiger partial charge is 0.341 e. The van der Waals surface area contributed by atoms with E-state index < -0.39 is 5.97 Å². The van der Waals surface area contributed by atoms with Gasteiger partial charge in [0.15, 0.2) is 0 Å². The van der Waals surface area contributed by atoms with Crippen molar-refractivity contribution in [3.8, 4) is 11.3 Å². The number of hydrogen-bond acceptors (Lipinski definition) is 3. The summed E-state index contributed by atoms with van der Waals surface area (Å²) in [4.78, 5) is 14.6. The first kappa shape index (κ1) is 11.8. The molecule has 0 aliphatic heterocycles. The number of fused-ring (bicyclic) bond motifs is 1. The van der Waals surface area contributed by atoms with Crippen LogP contribution in [0.5, 0.6) is 0 Å². The Morgan fingerprint density at radius 2 is 2.05 bits per heavy atom. The van der Waals surface area contributed by atoms with Gasteiger partial charge in [-0.1, -0.05) is 12.1 Å². The van der Waals surface area contributed by atoms with Crippen LogP contribution in [0.4, 0.5) is 5.82 Å². The topological polar surface area (TPSA) is 68.1 Å². The zero-order valence-corrected chi connectivity index (χ0v) is 10.8. The van der Waals surface area contributed by atoms with Crippen LogP contribution in [0.15, 0.2) is 24.3 Å². The van der Waals surface area contributed by atoms with Crippen LogP contribution in [0.25, 0.3) is 11.3 Å². The zero-order valence-electron chi connectivity index (χ0n) is 10.8. The second-order valence-corrected chi connectivity index (χ2v) is 4.84. The van der Waals surface area contributed by atoms with Crippen LogP contribution in [0.1, 0.15) is 27.9 Å². The molecule has 0 radical (unpaired) electrons. The molecule has 4 heteroatoms. The van der Waals surface area contributed by atoms with Crippen LogP contribution in [0, 0.1) is 0 Å². The molecule has 4 nitrogen and oxygen atoms in total. The van der Waals surface area contributed by atoms with Crippen molar-refractivity contribution in [3.05, 3.63) is 41.0 Å². The van der Waals surface area contributed by atoms with E-state index in [0.717, 1.165) is 24.1 Å². The largest absolute Gasteiger partial charge is 0.465 e. The Hall–Kier alpha value is -2.23. The van der Waals surface area contributed by atoms with Gasteiger partial charge < -0.3 is 15.5 Å². The highest BCUT2D eigenvalue weighted by atomic mass is 16.5. The van der Waals surface area contributed by atoms with Gasteiger partial charge in [-0.3, -0.25) is 0 Å². The number of H-pyrrole nitrogens is 1. The summed E-state index contributed by atoms with van der Waals surface area (Å²) in [6, 6.07) is 8.15. The molecular formula is C15H16N2O2. The third kappa shape index (κ3) is 1.99. The van der Waals surface area contributed by atoms with E-state index in [1.165, 1.54) is 24.7 Å². The maximum atomic E-state index is 11.5. The number of ether oxygens (including phenoxy) is 1. The number of anilines is 1. The third-order valence-electron chi connectivity index (χ3n) is 3.66. The van der Waals surface area contributed by atoms with Gasteiger partial charge in [0.25, 0.3) is 0 Å². The number of hydrogen-bond donors (Lipinski definition) is 2. The highest BCUT2D eigenvalue weighted by molar-refractivity contribution is 5.96. The zero-order chi connectivity index (χ0) is 13.4. The fraction of sp³-hybridized carbons (Fsp3) is 0.267. The van der Waals surface area contributed by atoms with Crippen molar-refractivity contribution in [2.24, 2.45) is 0 Å². The molecule has 3 N–H and O–H groups in total. The van der Waals surface area contributed by atoms with E-state index in [-0.39, 0.29) is 0 Å². The van der Waals surface area contributed by atoms with E-state index in [1.54, 1.807) is 6.07 Å². The molecule has 98 valence electrons. The van der Waals surface area contributed by atoms with Gasteiger partial charge in [0.2, 0.25) is 0 Å². The lowest BCUT2D eigenvalue weighted by molar-refractivity contribution is 0.0602. The lowest BCUT2D eigenvalue weighted by atomic mass is 10.0. The highest BCUT2D eigenvalue weighted by Gasteiger charge is 2.16. The van der Waals surface area contributed by atoms with Gasteiger partial charge in [0.1, 0.15) is 11.4 Å². The molecule has 0 saturated heterocycles. The second kappa shape index (κ2) is 4.46. The molecule has 2 aromatic rings. The second-order valence-electron chi connectivity index (χ2n) is 4.84. The third-order valence-corrected chi connectivity index (χ3v) is 3.66. The molecule has 1 heterocycles. The van der Waals surface area contributed by atoms with E-state index >= 15 is 0 Å². The normalized spacial score (nSPS) is 13.3. The maximum absolute atomic E-state index is 11.5. The molecule has 3 rings (SSSR count). The lowest BCUT2D eigenvalue weighted by Crippen LogP contribution is -2.02. The van der Waals surface area contributed by atoms with E-state index in [1.807, 2.05) is 0 Å². The molecule has 0 saturated carbocycles. The fourth-order valence-corrected chi connectivity index (χ4v) is 2.64. The number of nitrogens with one attached hydrogen (secondary N) is 1. The van der Waals surface area contributed by atoms with Gasteiger partial charge in [0.05, 0.1) is 7.11 Å². The van der Waals surface area contributed by atoms with Gasteiger partial charge in [0, 0.05) is 5.69 Å². The Kier molecular flexibility index (Phi) is 2.78. The van der Waals surface area contributed by atoms with Crippen molar-refractivity contribution in [3.63, 3.8) is 0 Å². The summed E-state index contributed by atoms with van der Waals surface area (Å²) < 4.78 is 4.70. The number of rotatable bonds is 2. The van der Waals surface area contributed by atoms with E-state index in [4.69, 9.17) is 10.5 Å². The molecule has 0 fully saturated rings. The summed E-state index contributed by atoms with van der Waals surface area (Å²) in [5.41, 5.74) is 10.9. The van der Waals surface area contributed by atoms with Gasteiger partial charge in [-0.15, -0.1) is 0 Å². The van der Waals surface area contributed by atoms with E-state index in [0.29, 0.717) is 11.4 Å². The molecule has 0 atom stereocenters. The van der Waals surface area contributed by atoms with Crippen LogP contribution in [0.3, 0.4) is 0 Å². The Morgan fingerprint density at radius 3 is 2.84 bits per heavy atom. The maximum Gasteiger partial charge on any atom is 0.341 e. The first-order valence-electron chi connectivity index (χ1n) is 6.38. The minimum atomic E-state index is -0.416. The molecule has 0 bridgehead atoms. The average molecular weight is 256 g/mol. The Balaban J connectivity index is 2.01. The van der Waals surface area contributed by atoms with E-state index in [9.17, 15) is 4.79 Å². The van der Waals surface area contributed by atoms with Crippen molar-refractivity contribution < 1.29 is 9.53 Å². The summed E-state index contributed by atoms with van der Waals surface area (Å²) in [7, 11) is 1.35. The van der Waals surface area contributed by atoms with E-state index in [2.05, 4.69) is 23.2 Å². The minimum Gasteiger partial charge on any atom is -0.465 e. The SMILES string of the molecule is COC(=O)c1cc(-c2ccc3c(c2)CCC3)[nH]c1N. The molecule has 0 unspecified atom stereocenters. The Morgan fingerprint density at radius 1 is 1.26 bits per heavy atom. The Bertz CT molecular complexity index is 644. The number of aromatic amines is 1. The first-order valence-corrected chi connectivity index (χ1v) is 6.38. The van der Waals surface area contributed by atoms with Crippen molar-refractivity contribution in [1.82, 2.24) is 4.98 Å². The standard InChI is InChI=1S/C15H16N2O2/c1-19-15(18)12-8-13(17-14(12)16)11-6-5-9-3-2-4-10(9)7-11/h5-8,17H,2-4,16H2,1H3. The number of aromatic nitrogens is 1. The molecular weight excluding hydrogens is 240 g/mol. The predicted octanol–water partition coefficient (Wildman–Crippen LogP) is 2.54. The van der Waals surface area contributed by atoms with Gasteiger partial charge in [-0.25, -0.2) is 4.79 Å². The van der Waals surface area contributed by atoms with Crippen LogP contribution < -0.4 is 5.73 Å². The van der Waals surface area contributed by atoms with Crippen molar-refractivity contribution in [1.29, 1.82) is 0 Å². The van der Waals surface area contributed by atoms with Crippen LogP contribution in [0.2, 0.25) is 0 Å². The van der Waals surface area contributed by atoms with Crippen LogP contribution in [-0.2, 0) is 17.6 Å². The number of benzene rings is 1. The van der Waals surface area contributed by atoms with Gasteiger partial charge >= 0.3 is 5.97 Å². The van der Waals surface area contributed by atoms with Gasteiger partial charge in [-0.05, 0) is 48.1 Å². The number of carbonyl (C=O) groups excluding carboxylic acids is 1. The molecule has 1 aromatic heterocycles. The highest BCUT2D eigenvalue weighted by Crippen LogP contribution is 2.29. The quantitative estimate of drug-likeness (QED) is 0.811. The molecule has 1 aliphatic rings. The van der Waals surface area contributed by atoms with Gasteiger partial charge in [-0.2, -0.15) is 0 Å². The number of carbonyl (C=O) groups is 1. The predicted molar refractivity (Wildman–Crippen MR) is 74.0 cm³/mol. The summed E-state index contributed by atoms with van der Waals surface area (Å²) in [6.07, 6.45) is 3.51. The fourth-order valence-electron chi connectivity index (χ4n) is 2.64. The average Bonchev–Trinajstić information content (AvgIpc) is 3.03. The summed E-state index contributed by atoms with van der Waals surface area (Å²) >= 11 is 0. The molecule has 1 aliphatic carbocycles. The van der Waals surface area contributed by atoms with Crippen LogP contribution in [-0.4, -0.2) is 18.1 Å². The van der Waals surface area contributed by atoms with Crippen molar-refractivity contribution >= 4 is 11.8 Å². The number of aryl methyl sites for hydroxylation is 2. The van der Waals surface area contributed by atoms with Crippen molar-refractivity contribution in [2.45, 2.75) is 19.3 Å². The van der Waals surface area contributed by atoms with Crippen molar-refractivity contribution in [2.75, 3.05) is 12.8 Å². The van der Waals surface area contributed by atoms with Crippen LogP contribution >= 0.6 is 0 Å². The molecule has 0 amide bonds. The Labute approximate surface area is 111 Å². The number of nitrogens with two attached hydrogens (primary N) is 1. The number of nitrogen functional groups attached to an aromatic ring is 1. The molecule has 0 spiro atoms. The molecule has 1 aromatic carbocycles. The lowest BCUT2D eigenvalue weighted by Gasteiger charge is -2.02.